The summed E-state index contributed by atoms with van der Waals surface area (Å²) in [4.78, 5) is 5.08. The molecule has 0 N–H and O–H groups in total. The minimum Gasteiger partial charge on any atom is -0.493 e. The van der Waals surface area contributed by atoms with E-state index in [0.717, 1.165) is 93.5 Å². The number of hydrogen-bond acceptors (Lipinski definition) is 6. The van der Waals surface area contributed by atoms with Crippen molar-refractivity contribution < 1.29 is 23.0 Å². The van der Waals surface area contributed by atoms with Crippen molar-refractivity contribution in [1.29, 1.82) is 0 Å². The van der Waals surface area contributed by atoms with Crippen LogP contribution in [0.5, 0.6) is 11.5 Å². The van der Waals surface area contributed by atoms with Crippen molar-refractivity contribution in [3.63, 3.8) is 0 Å². The molecule has 1 atom stereocenters. The third-order valence-corrected chi connectivity index (χ3v) is 10.1. The van der Waals surface area contributed by atoms with Gasteiger partial charge in [0.25, 0.3) is 0 Å². The van der Waals surface area contributed by atoms with Crippen molar-refractivity contribution in [2.24, 2.45) is 0 Å². The van der Waals surface area contributed by atoms with E-state index in [9.17, 15) is 8.78 Å². The Morgan fingerprint density at radius 2 is 1.38 bits per heavy atom. The Balaban J connectivity index is 1.14. The number of thioether (sulfide) groups is 1. The first-order chi connectivity index (χ1) is 20.4. The summed E-state index contributed by atoms with van der Waals surface area (Å²) >= 11 is 1.83. The molecule has 0 amide bonds. The highest BCUT2D eigenvalue weighted by molar-refractivity contribution is 7.99. The molecule has 0 radical (unpaired) electrons. The van der Waals surface area contributed by atoms with Gasteiger partial charge in [0.15, 0.2) is 11.5 Å². The van der Waals surface area contributed by atoms with Crippen LogP contribution in [0, 0.1) is 11.6 Å². The van der Waals surface area contributed by atoms with E-state index in [-0.39, 0.29) is 22.5 Å². The fourth-order valence-corrected chi connectivity index (χ4v) is 7.50. The summed E-state index contributed by atoms with van der Waals surface area (Å²) in [5, 5.41) is 0.0367. The minimum absolute atomic E-state index is 0.0367. The molecule has 2 aliphatic rings. The van der Waals surface area contributed by atoms with Gasteiger partial charge >= 0.3 is 0 Å². The van der Waals surface area contributed by atoms with E-state index in [4.69, 9.17) is 14.2 Å². The van der Waals surface area contributed by atoms with Gasteiger partial charge < -0.3 is 19.1 Å². The third kappa shape index (κ3) is 7.10. The molecule has 0 saturated carbocycles. The largest absolute Gasteiger partial charge is 0.493 e. The number of ether oxygens (including phenoxy) is 3. The van der Waals surface area contributed by atoms with Crippen molar-refractivity contribution in [2.45, 2.75) is 37.0 Å². The fourth-order valence-electron chi connectivity index (χ4n) is 6.20. The van der Waals surface area contributed by atoms with E-state index in [0.29, 0.717) is 0 Å². The second kappa shape index (κ2) is 14.2. The van der Waals surface area contributed by atoms with Gasteiger partial charge in [0.05, 0.1) is 31.7 Å². The lowest BCUT2D eigenvalue weighted by Gasteiger charge is -2.41. The van der Waals surface area contributed by atoms with Gasteiger partial charge in [0, 0.05) is 45.0 Å². The van der Waals surface area contributed by atoms with Gasteiger partial charge in [-0.2, -0.15) is 0 Å². The Hall–Kier alpha value is -2.65. The molecular weight excluding hydrogens is 554 g/mol. The Bertz CT molecular complexity index is 1250. The van der Waals surface area contributed by atoms with Crippen LogP contribution in [-0.2, 0) is 16.8 Å². The van der Waals surface area contributed by atoms with Crippen molar-refractivity contribution in [3.05, 3.63) is 94.6 Å². The van der Waals surface area contributed by atoms with Crippen LogP contribution in [0.1, 0.15) is 47.3 Å². The molecule has 8 heteroatoms. The number of benzene rings is 3. The molecule has 3 aromatic rings. The maximum atomic E-state index is 13.6. The van der Waals surface area contributed by atoms with Crippen LogP contribution >= 0.6 is 11.8 Å². The molecular formula is C34H42F2N2O3S. The van der Waals surface area contributed by atoms with Crippen LogP contribution < -0.4 is 9.47 Å². The molecule has 1 unspecified atom stereocenters. The van der Waals surface area contributed by atoms with Gasteiger partial charge in [0.2, 0.25) is 0 Å². The first kappa shape index (κ1) is 30.8. The Morgan fingerprint density at radius 1 is 0.833 bits per heavy atom. The summed E-state index contributed by atoms with van der Waals surface area (Å²) in [6.45, 7) is 9.02. The zero-order valence-electron chi connectivity index (χ0n) is 24.9. The Labute approximate surface area is 253 Å². The molecule has 2 heterocycles. The fraction of sp³-hybridized carbons (Fsp3) is 0.471. The van der Waals surface area contributed by atoms with Gasteiger partial charge in [-0.1, -0.05) is 31.2 Å². The number of methoxy groups -OCH3 is 2. The lowest BCUT2D eigenvalue weighted by Crippen LogP contribution is -2.48. The predicted molar refractivity (Wildman–Crippen MR) is 166 cm³/mol. The van der Waals surface area contributed by atoms with Gasteiger partial charge in [-0.15, -0.1) is 11.8 Å². The minimum atomic E-state index is -0.309. The maximum Gasteiger partial charge on any atom is 0.161 e. The second-order valence-corrected chi connectivity index (χ2v) is 12.3. The van der Waals surface area contributed by atoms with Gasteiger partial charge in [-0.3, -0.25) is 4.90 Å². The summed E-state index contributed by atoms with van der Waals surface area (Å²) in [6, 6.07) is 17.6. The van der Waals surface area contributed by atoms with E-state index >= 15 is 0 Å². The number of nitrogens with zero attached hydrogens (tertiary/aromatic N) is 2. The van der Waals surface area contributed by atoms with Gasteiger partial charge in [-0.25, -0.2) is 8.78 Å². The highest BCUT2D eigenvalue weighted by Crippen LogP contribution is 2.44. The van der Waals surface area contributed by atoms with Crippen molar-refractivity contribution in [3.8, 4) is 11.5 Å². The SMILES string of the molecule is CCC1(CCN2CCN(CCSC(c3ccc(F)cc3)c3ccc(F)cc3)CC2)OCCc2cc(OC)c(OC)cc21. The van der Waals surface area contributed by atoms with Crippen LogP contribution in [0.4, 0.5) is 8.78 Å². The molecule has 0 aromatic heterocycles. The summed E-state index contributed by atoms with van der Waals surface area (Å²) < 4.78 is 44.8. The highest BCUT2D eigenvalue weighted by Gasteiger charge is 2.38. The van der Waals surface area contributed by atoms with E-state index in [1.165, 1.54) is 35.4 Å². The highest BCUT2D eigenvalue weighted by atomic mass is 32.2. The van der Waals surface area contributed by atoms with Crippen molar-refractivity contribution in [1.82, 2.24) is 9.80 Å². The molecule has 3 aromatic carbocycles. The summed E-state index contributed by atoms with van der Waals surface area (Å²) in [7, 11) is 3.37. The average molecular weight is 597 g/mol. The number of fused-ring (bicyclic) bond motifs is 1. The average Bonchev–Trinajstić information content (AvgIpc) is 3.03. The van der Waals surface area contributed by atoms with Crippen LogP contribution in [0.3, 0.4) is 0 Å². The number of piperazine rings is 1. The van der Waals surface area contributed by atoms with E-state index < -0.39 is 0 Å². The quantitative estimate of drug-likeness (QED) is 0.232. The van der Waals surface area contributed by atoms with E-state index in [1.54, 1.807) is 14.2 Å². The molecule has 0 aliphatic carbocycles. The third-order valence-electron chi connectivity index (χ3n) is 8.76. The lowest BCUT2D eigenvalue weighted by atomic mass is 9.81. The Morgan fingerprint density at radius 3 is 1.93 bits per heavy atom. The maximum absolute atomic E-state index is 13.6. The van der Waals surface area contributed by atoms with Gasteiger partial charge in [0.1, 0.15) is 11.6 Å². The van der Waals surface area contributed by atoms with Crippen LogP contribution in [-0.4, -0.2) is 75.6 Å². The molecule has 42 heavy (non-hydrogen) atoms. The Kier molecular flexibility index (Phi) is 10.4. The lowest BCUT2D eigenvalue weighted by molar-refractivity contribution is -0.0754. The monoisotopic (exact) mass is 596 g/mol. The standard InChI is InChI=1S/C34H42F2N2O3S/c1-4-34(30-24-32(40-3)31(39-2)23-27(30)13-21-41-34)14-15-37-16-18-38(19-17-37)20-22-42-33(25-5-9-28(35)10-6-25)26-7-11-29(36)12-8-26/h5-12,23-24,33H,4,13-22H2,1-3H3. The molecule has 1 saturated heterocycles. The number of hydrogen-bond donors (Lipinski definition) is 0. The predicted octanol–water partition coefficient (Wildman–Crippen LogP) is 6.69. The molecule has 5 nitrogen and oxygen atoms in total. The molecule has 0 spiro atoms. The van der Waals surface area contributed by atoms with E-state index in [1.807, 2.05) is 36.0 Å². The van der Waals surface area contributed by atoms with Crippen molar-refractivity contribution in [2.75, 3.05) is 65.8 Å². The number of rotatable bonds is 12. The smallest absolute Gasteiger partial charge is 0.161 e. The van der Waals surface area contributed by atoms with Gasteiger partial charge in [-0.05, 0) is 77.9 Å². The van der Waals surface area contributed by atoms with Crippen LogP contribution in [0.2, 0.25) is 0 Å². The zero-order chi connectivity index (χ0) is 29.5. The first-order valence-corrected chi connectivity index (χ1v) is 16.0. The topological polar surface area (TPSA) is 34.2 Å². The summed E-state index contributed by atoms with van der Waals surface area (Å²) in [5.74, 6) is 1.98. The molecule has 226 valence electrons. The summed E-state index contributed by atoms with van der Waals surface area (Å²) in [6.07, 6.45) is 2.74. The van der Waals surface area contributed by atoms with Crippen LogP contribution in [0.25, 0.3) is 0 Å². The normalized spacial score (nSPS) is 19.6. The molecule has 0 bridgehead atoms. The molecule has 2 aliphatic heterocycles. The second-order valence-electron chi connectivity index (χ2n) is 11.1. The van der Waals surface area contributed by atoms with Crippen molar-refractivity contribution >= 4 is 11.8 Å². The molecule has 1 fully saturated rings. The first-order valence-electron chi connectivity index (χ1n) is 14.9. The van der Waals surface area contributed by atoms with Crippen LogP contribution in [0.15, 0.2) is 60.7 Å². The zero-order valence-corrected chi connectivity index (χ0v) is 25.7. The van der Waals surface area contributed by atoms with E-state index in [2.05, 4.69) is 28.9 Å². The molecule has 5 rings (SSSR count). The summed E-state index contributed by atoms with van der Waals surface area (Å²) in [5.41, 5.74) is 4.29. The number of halogens is 2.